The van der Waals surface area contributed by atoms with Crippen LogP contribution in [0, 0.1) is 5.92 Å². The van der Waals surface area contributed by atoms with Gasteiger partial charge in [-0.2, -0.15) is 0 Å². The van der Waals surface area contributed by atoms with Crippen LogP contribution >= 0.6 is 11.6 Å². The van der Waals surface area contributed by atoms with Crippen molar-refractivity contribution >= 4 is 11.6 Å². The van der Waals surface area contributed by atoms with Crippen molar-refractivity contribution in [2.75, 3.05) is 6.54 Å². The second-order valence-corrected chi connectivity index (χ2v) is 6.19. The van der Waals surface area contributed by atoms with E-state index in [4.69, 9.17) is 11.6 Å². The lowest BCUT2D eigenvalue weighted by Gasteiger charge is -2.42. The zero-order valence-corrected chi connectivity index (χ0v) is 12.3. The third-order valence-corrected chi connectivity index (χ3v) is 4.80. The highest BCUT2D eigenvalue weighted by molar-refractivity contribution is 6.31. The summed E-state index contributed by atoms with van der Waals surface area (Å²) in [5.74, 6) is 0.681. The van der Waals surface area contributed by atoms with Gasteiger partial charge in [0.25, 0.3) is 0 Å². The van der Waals surface area contributed by atoms with Crippen molar-refractivity contribution in [2.24, 2.45) is 5.92 Å². The minimum Gasteiger partial charge on any atom is -0.311 e. The molecule has 0 aliphatic carbocycles. The van der Waals surface area contributed by atoms with Gasteiger partial charge >= 0.3 is 0 Å². The van der Waals surface area contributed by atoms with Crippen LogP contribution < -0.4 is 5.32 Å². The molecule has 1 aliphatic rings. The zero-order chi connectivity index (χ0) is 13.0. The van der Waals surface area contributed by atoms with Crippen molar-refractivity contribution in [3.05, 3.63) is 34.9 Å². The first kappa shape index (κ1) is 13.9. The van der Waals surface area contributed by atoms with Gasteiger partial charge in [-0.1, -0.05) is 50.1 Å². The second-order valence-electron chi connectivity index (χ2n) is 5.79. The molecule has 1 nitrogen and oxygen atoms in total. The van der Waals surface area contributed by atoms with Crippen molar-refractivity contribution in [1.29, 1.82) is 0 Å². The zero-order valence-electron chi connectivity index (χ0n) is 11.5. The number of hydrogen-bond donors (Lipinski definition) is 1. The Kier molecular flexibility index (Phi) is 4.69. The van der Waals surface area contributed by atoms with Gasteiger partial charge in [-0.05, 0) is 49.8 Å². The molecule has 0 radical (unpaired) electrons. The summed E-state index contributed by atoms with van der Waals surface area (Å²) in [5.41, 5.74) is 1.60. The number of piperidine rings is 1. The van der Waals surface area contributed by atoms with Crippen LogP contribution in [0.4, 0.5) is 0 Å². The lowest BCUT2D eigenvalue weighted by Crippen LogP contribution is -2.52. The molecule has 1 fully saturated rings. The van der Waals surface area contributed by atoms with Gasteiger partial charge in [0.1, 0.15) is 0 Å². The Morgan fingerprint density at radius 2 is 2.06 bits per heavy atom. The minimum absolute atomic E-state index is 0.317. The van der Waals surface area contributed by atoms with Crippen LogP contribution in [0.25, 0.3) is 0 Å². The van der Waals surface area contributed by atoms with Crippen LogP contribution in [-0.2, 0) is 6.42 Å². The molecule has 0 bridgehead atoms. The monoisotopic (exact) mass is 265 g/mol. The molecule has 100 valence electrons. The van der Waals surface area contributed by atoms with Crippen LogP contribution in [0.1, 0.15) is 45.1 Å². The fourth-order valence-electron chi connectivity index (χ4n) is 3.04. The molecule has 1 aromatic carbocycles. The van der Waals surface area contributed by atoms with Gasteiger partial charge in [0.2, 0.25) is 0 Å². The van der Waals surface area contributed by atoms with E-state index in [1.54, 1.807) is 0 Å². The Morgan fingerprint density at radius 1 is 1.28 bits per heavy atom. The van der Waals surface area contributed by atoms with E-state index >= 15 is 0 Å². The molecule has 1 aliphatic heterocycles. The molecule has 0 saturated carbocycles. The third kappa shape index (κ3) is 3.07. The SMILES string of the molecule is CC(C)C1(CCc2ccccc2Cl)CCCCN1. The van der Waals surface area contributed by atoms with Crippen molar-refractivity contribution in [3.8, 4) is 0 Å². The van der Waals surface area contributed by atoms with Crippen molar-refractivity contribution in [1.82, 2.24) is 5.32 Å². The number of benzene rings is 1. The summed E-state index contributed by atoms with van der Waals surface area (Å²) < 4.78 is 0. The molecular weight excluding hydrogens is 242 g/mol. The maximum atomic E-state index is 6.25. The van der Waals surface area contributed by atoms with E-state index in [1.165, 1.54) is 37.8 Å². The highest BCUT2D eigenvalue weighted by Gasteiger charge is 2.34. The Bertz CT molecular complexity index is 380. The van der Waals surface area contributed by atoms with Crippen LogP contribution in [0.2, 0.25) is 5.02 Å². The fraction of sp³-hybridized carbons (Fsp3) is 0.625. The minimum atomic E-state index is 0.317. The van der Waals surface area contributed by atoms with Crippen LogP contribution in [0.5, 0.6) is 0 Å². The topological polar surface area (TPSA) is 12.0 Å². The van der Waals surface area contributed by atoms with Gasteiger partial charge in [-0.25, -0.2) is 0 Å². The van der Waals surface area contributed by atoms with Crippen molar-refractivity contribution in [3.63, 3.8) is 0 Å². The summed E-state index contributed by atoms with van der Waals surface area (Å²) in [6.07, 6.45) is 6.24. The lowest BCUT2D eigenvalue weighted by molar-refractivity contribution is 0.170. The molecule has 2 rings (SSSR count). The Labute approximate surface area is 116 Å². The average molecular weight is 266 g/mol. The molecule has 1 heterocycles. The number of aryl methyl sites for hydroxylation is 1. The van der Waals surface area contributed by atoms with E-state index in [2.05, 4.69) is 31.3 Å². The Hall–Kier alpha value is -0.530. The molecule has 2 heteroatoms. The molecule has 0 aromatic heterocycles. The van der Waals surface area contributed by atoms with Crippen molar-refractivity contribution in [2.45, 2.75) is 51.5 Å². The van der Waals surface area contributed by atoms with Crippen LogP contribution in [0.15, 0.2) is 24.3 Å². The fourth-order valence-corrected chi connectivity index (χ4v) is 3.28. The van der Waals surface area contributed by atoms with Crippen LogP contribution in [-0.4, -0.2) is 12.1 Å². The van der Waals surface area contributed by atoms with Gasteiger partial charge in [-0.15, -0.1) is 0 Å². The smallest absolute Gasteiger partial charge is 0.0437 e. The molecule has 1 unspecified atom stereocenters. The highest BCUT2D eigenvalue weighted by atomic mass is 35.5. The first-order valence-corrected chi connectivity index (χ1v) is 7.50. The lowest BCUT2D eigenvalue weighted by atomic mass is 9.75. The van der Waals surface area contributed by atoms with E-state index in [0.29, 0.717) is 11.5 Å². The summed E-state index contributed by atoms with van der Waals surface area (Å²) in [6.45, 7) is 5.84. The molecule has 18 heavy (non-hydrogen) atoms. The maximum absolute atomic E-state index is 6.25. The maximum Gasteiger partial charge on any atom is 0.0437 e. The first-order chi connectivity index (χ1) is 8.64. The molecule has 1 aromatic rings. The van der Waals surface area contributed by atoms with E-state index in [0.717, 1.165) is 11.4 Å². The Balaban J connectivity index is 2.04. The number of halogens is 1. The second kappa shape index (κ2) is 6.08. The molecular formula is C16H24ClN. The van der Waals surface area contributed by atoms with Gasteiger partial charge < -0.3 is 5.32 Å². The van der Waals surface area contributed by atoms with E-state index in [9.17, 15) is 0 Å². The Morgan fingerprint density at radius 3 is 2.67 bits per heavy atom. The van der Waals surface area contributed by atoms with Gasteiger partial charge in [-0.3, -0.25) is 0 Å². The summed E-state index contributed by atoms with van der Waals surface area (Å²) in [7, 11) is 0. The quantitative estimate of drug-likeness (QED) is 0.849. The van der Waals surface area contributed by atoms with E-state index < -0.39 is 0 Å². The molecule has 0 spiro atoms. The largest absolute Gasteiger partial charge is 0.311 e. The summed E-state index contributed by atoms with van der Waals surface area (Å²) >= 11 is 6.25. The van der Waals surface area contributed by atoms with Gasteiger partial charge in [0.15, 0.2) is 0 Å². The van der Waals surface area contributed by atoms with Crippen LogP contribution in [0.3, 0.4) is 0 Å². The van der Waals surface area contributed by atoms with E-state index in [-0.39, 0.29) is 0 Å². The molecule has 1 saturated heterocycles. The predicted molar refractivity (Wildman–Crippen MR) is 79.2 cm³/mol. The highest BCUT2D eigenvalue weighted by Crippen LogP contribution is 2.32. The average Bonchev–Trinajstić information content (AvgIpc) is 2.39. The molecule has 1 N–H and O–H groups in total. The predicted octanol–water partition coefficient (Wildman–Crippen LogP) is 4.44. The van der Waals surface area contributed by atoms with Gasteiger partial charge in [0.05, 0.1) is 0 Å². The number of rotatable bonds is 4. The molecule has 0 amide bonds. The normalized spacial score (nSPS) is 24.4. The van der Waals surface area contributed by atoms with E-state index in [1.807, 2.05) is 12.1 Å². The number of hydrogen-bond acceptors (Lipinski definition) is 1. The summed E-state index contributed by atoms with van der Waals surface area (Å²) in [4.78, 5) is 0. The standard InChI is InChI=1S/C16H24ClN/c1-13(2)16(10-5-6-12-18-16)11-9-14-7-3-4-8-15(14)17/h3-4,7-8,13,18H,5-6,9-12H2,1-2H3. The third-order valence-electron chi connectivity index (χ3n) is 4.43. The molecule has 1 atom stereocenters. The first-order valence-electron chi connectivity index (χ1n) is 7.12. The summed E-state index contributed by atoms with van der Waals surface area (Å²) in [6, 6.07) is 8.23. The summed E-state index contributed by atoms with van der Waals surface area (Å²) in [5, 5.41) is 4.69. The van der Waals surface area contributed by atoms with Gasteiger partial charge in [0, 0.05) is 10.6 Å². The van der Waals surface area contributed by atoms with Crippen molar-refractivity contribution < 1.29 is 0 Å². The number of nitrogens with one attached hydrogen (secondary N) is 1.